The maximum absolute atomic E-state index is 11.0. The van der Waals surface area contributed by atoms with Crippen molar-refractivity contribution in [2.24, 2.45) is 5.92 Å². The van der Waals surface area contributed by atoms with Gasteiger partial charge in [0.15, 0.2) is 0 Å². The number of nitro groups is 1. The summed E-state index contributed by atoms with van der Waals surface area (Å²) in [6, 6.07) is 3.35. The van der Waals surface area contributed by atoms with Gasteiger partial charge in [0.2, 0.25) is 0 Å². The largest absolute Gasteiger partial charge is 0.370 e. The lowest BCUT2D eigenvalue weighted by atomic mass is 9.87. The van der Waals surface area contributed by atoms with E-state index in [-0.39, 0.29) is 10.6 Å². The average Bonchev–Trinajstić information content (AvgIpc) is 2.41. The molecule has 2 N–H and O–H groups in total. The van der Waals surface area contributed by atoms with Gasteiger partial charge in [0.25, 0.3) is 5.69 Å². The lowest BCUT2D eigenvalue weighted by molar-refractivity contribution is -0.384. The van der Waals surface area contributed by atoms with Crippen LogP contribution in [-0.4, -0.2) is 22.5 Å². The summed E-state index contributed by atoms with van der Waals surface area (Å²) < 4.78 is 0. The van der Waals surface area contributed by atoms with Gasteiger partial charge in [-0.3, -0.25) is 10.1 Å². The van der Waals surface area contributed by atoms with Crippen molar-refractivity contribution in [2.45, 2.75) is 45.6 Å². The first kappa shape index (κ1) is 14.6. The fourth-order valence-electron chi connectivity index (χ4n) is 2.58. The number of nitrogens with zero attached hydrogens (tertiary/aromatic N) is 2. The summed E-state index contributed by atoms with van der Waals surface area (Å²) in [4.78, 5) is 15.0. The molecule has 6 nitrogen and oxygen atoms in total. The lowest BCUT2D eigenvalue weighted by Crippen LogP contribution is -2.25. The Morgan fingerprint density at radius 2 is 1.95 bits per heavy atom. The maximum Gasteiger partial charge on any atom is 0.276 e. The highest BCUT2D eigenvalue weighted by Gasteiger charge is 2.19. The first-order chi connectivity index (χ1) is 9.58. The highest BCUT2D eigenvalue weighted by atomic mass is 16.6. The molecular formula is C14H22N4O2. The van der Waals surface area contributed by atoms with Gasteiger partial charge in [0.05, 0.1) is 17.1 Å². The molecule has 1 aromatic rings. The van der Waals surface area contributed by atoms with Gasteiger partial charge in [-0.25, -0.2) is 4.98 Å². The molecule has 0 unspecified atom stereocenters. The fraction of sp³-hybridized carbons (Fsp3) is 0.643. The third-order valence-electron chi connectivity index (χ3n) is 3.75. The normalized spacial score (nSPS) is 22.3. The van der Waals surface area contributed by atoms with E-state index >= 15 is 0 Å². The van der Waals surface area contributed by atoms with Gasteiger partial charge in [0, 0.05) is 12.6 Å². The maximum atomic E-state index is 11.0. The third-order valence-corrected chi connectivity index (χ3v) is 3.75. The Hall–Kier alpha value is -1.85. The standard InChI is InChI=1S/C14H22N4O2/c1-3-15-13-8-12(18(19)20)9-14(17-13)16-11-6-4-10(2)5-7-11/h8-11H,3-7H2,1-2H3,(H2,15,16,17). The number of rotatable bonds is 5. The van der Waals surface area contributed by atoms with E-state index in [2.05, 4.69) is 22.5 Å². The highest BCUT2D eigenvalue weighted by molar-refractivity contribution is 5.55. The molecule has 1 saturated carbocycles. The van der Waals surface area contributed by atoms with Crippen LogP contribution in [0.5, 0.6) is 0 Å². The van der Waals surface area contributed by atoms with Crippen molar-refractivity contribution in [1.29, 1.82) is 0 Å². The average molecular weight is 278 g/mol. The smallest absolute Gasteiger partial charge is 0.276 e. The zero-order chi connectivity index (χ0) is 14.5. The van der Waals surface area contributed by atoms with Gasteiger partial charge in [-0.1, -0.05) is 6.92 Å². The molecule has 1 aliphatic rings. The van der Waals surface area contributed by atoms with E-state index in [9.17, 15) is 10.1 Å². The van der Waals surface area contributed by atoms with Crippen LogP contribution < -0.4 is 10.6 Å². The van der Waals surface area contributed by atoms with Crippen LogP contribution in [0.1, 0.15) is 39.5 Å². The number of anilines is 2. The Kier molecular flexibility index (Phi) is 4.76. The summed E-state index contributed by atoms with van der Waals surface area (Å²) in [5, 5.41) is 17.3. The molecule has 110 valence electrons. The van der Waals surface area contributed by atoms with Crippen LogP contribution in [0.4, 0.5) is 17.3 Å². The van der Waals surface area contributed by atoms with Crippen molar-refractivity contribution < 1.29 is 4.92 Å². The molecule has 6 heteroatoms. The predicted molar refractivity (Wildman–Crippen MR) is 80.1 cm³/mol. The number of nitrogens with one attached hydrogen (secondary N) is 2. The zero-order valence-corrected chi connectivity index (χ0v) is 12.1. The second-order valence-electron chi connectivity index (χ2n) is 5.48. The molecule has 0 aliphatic heterocycles. The van der Waals surface area contributed by atoms with Crippen LogP contribution in [0.2, 0.25) is 0 Å². The molecule has 2 rings (SSSR count). The minimum absolute atomic E-state index is 0.0719. The number of aromatic nitrogens is 1. The monoisotopic (exact) mass is 278 g/mol. The van der Waals surface area contributed by atoms with Gasteiger partial charge >= 0.3 is 0 Å². The Morgan fingerprint density at radius 3 is 2.55 bits per heavy atom. The minimum Gasteiger partial charge on any atom is -0.370 e. The predicted octanol–water partition coefficient (Wildman–Crippen LogP) is 3.41. The molecule has 1 aliphatic carbocycles. The van der Waals surface area contributed by atoms with Crippen molar-refractivity contribution in [3.8, 4) is 0 Å². The minimum atomic E-state index is -0.378. The SMILES string of the molecule is CCNc1cc([N+](=O)[O-])cc(NC2CCC(C)CC2)n1. The van der Waals surface area contributed by atoms with Crippen LogP contribution in [0.3, 0.4) is 0 Å². The van der Waals surface area contributed by atoms with Crippen molar-refractivity contribution in [3.05, 3.63) is 22.2 Å². The van der Waals surface area contributed by atoms with E-state index in [0.29, 0.717) is 24.2 Å². The first-order valence-corrected chi connectivity index (χ1v) is 7.25. The second kappa shape index (κ2) is 6.54. The number of hydrogen-bond donors (Lipinski definition) is 2. The number of pyridine rings is 1. The molecule has 0 amide bonds. The van der Waals surface area contributed by atoms with E-state index in [0.717, 1.165) is 18.8 Å². The van der Waals surface area contributed by atoms with Crippen LogP contribution in [0, 0.1) is 16.0 Å². The first-order valence-electron chi connectivity index (χ1n) is 7.25. The van der Waals surface area contributed by atoms with Gasteiger partial charge in [0.1, 0.15) is 11.6 Å². The summed E-state index contributed by atoms with van der Waals surface area (Å²) in [6.45, 7) is 4.90. The molecule has 1 aromatic heterocycles. The molecule has 1 fully saturated rings. The summed E-state index contributed by atoms with van der Waals surface area (Å²) >= 11 is 0. The quantitative estimate of drug-likeness (QED) is 0.637. The highest BCUT2D eigenvalue weighted by Crippen LogP contribution is 2.27. The van der Waals surface area contributed by atoms with Gasteiger partial charge in [-0.05, 0) is 38.5 Å². The van der Waals surface area contributed by atoms with E-state index in [1.807, 2.05) is 6.92 Å². The van der Waals surface area contributed by atoms with E-state index in [4.69, 9.17) is 0 Å². The summed E-state index contributed by atoms with van der Waals surface area (Å²) in [5.41, 5.74) is 0.0719. The molecule has 1 heterocycles. The Labute approximate surface area is 119 Å². The summed E-state index contributed by atoms with van der Waals surface area (Å²) in [6.07, 6.45) is 4.60. The van der Waals surface area contributed by atoms with Gasteiger partial charge in [-0.15, -0.1) is 0 Å². The number of hydrogen-bond acceptors (Lipinski definition) is 5. The van der Waals surface area contributed by atoms with Crippen molar-refractivity contribution in [2.75, 3.05) is 17.2 Å². The van der Waals surface area contributed by atoms with E-state index < -0.39 is 0 Å². The van der Waals surface area contributed by atoms with Crippen molar-refractivity contribution >= 4 is 17.3 Å². The summed E-state index contributed by atoms with van der Waals surface area (Å²) in [5.74, 6) is 1.92. The molecule has 20 heavy (non-hydrogen) atoms. The Balaban J connectivity index is 2.11. The topological polar surface area (TPSA) is 80.1 Å². The van der Waals surface area contributed by atoms with Crippen LogP contribution in [-0.2, 0) is 0 Å². The van der Waals surface area contributed by atoms with E-state index in [1.54, 1.807) is 0 Å². The van der Waals surface area contributed by atoms with Crippen molar-refractivity contribution in [1.82, 2.24) is 4.98 Å². The molecule has 0 bridgehead atoms. The fourth-order valence-corrected chi connectivity index (χ4v) is 2.58. The Bertz CT molecular complexity index is 470. The molecular weight excluding hydrogens is 256 g/mol. The van der Waals surface area contributed by atoms with Gasteiger partial charge < -0.3 is 10.6 Å². The van der Waals surface area contributed by atoms with Crippen molar-refractivity contribution in [3.63, 3.8) is 0 Å². The molecule has 0 saturated heterocycles. The van der Waals surface area contributed by atoms with Crippen LogP contribution >= 0.6 is 0 Å². The van der Waals surface area contributed by atoms with Crippen LogP contribution in [0.25, 0.3) is 0 Å². The van der Waals surface area contributed by atoms with Crippen LogP contribution in [0.15, 0.2) is 12.1 Å². The molecule has 0 aromatic carbocycles. The lowest BCUT2D eigenvalue weighted by Gasteiger charge is -2.27. The van der Waals surface area contributed by atoms with E-state index in [1.165, 1.54) is 25.0 Å². The summed E-state index contributed by atoms with van der Waals surface area (Å²) in [7, 11) is 0. The Morgan fingerprint density at radius 1 is 1.30 bits per heavy atom. The zero-order valence-electron chi connectivity index (χ0n) is 12.1. The molecule has 0 radical (unpaired) electrons. The van der Waals surface area contributed by atoms with Gasteiger partial charge in [-0.2, -0.15) is 0 Å². The molecule has 0 spiro atoms. The third kappa shape index (κ3) is 3.82. The second-order valence-corrected chi connectivity index (χ2v) is 5.48. The molecule has 0 atom stereocenters.